The molecule has 4 N–H and O–H groups in total. The van der Waals surface area contributed by atoms with E-state index in [1.165, 1.54) is 7.11 Å². The van der Waals surface area contributed by atoms with Crippen molar-refractivity contribution in [3.63, 3.8) is 0 Å². The molecule has 1 fully saturated rings. The van der Waals surface area contributed by atoms with Crippen molar-refractivity contribution in [2.24, 2.45) is 0 Å². The molecule has 2 atom stereocenters. The number of aromatic amines is 1. The highest BCUT2D eigenvalue weighted by molar-refractivity contribution is 6.30. The van der Waals surface area contributed by atoms with E-state index in [0.29, 0.717) is 77.8 Å². The number of nitrogens with zero attached hydrogens (tertiary/aromatic N) is 2. The van der Waals surface area contributed by atoms with Crippen molar-refractivity contribution in [1.82, 2.24) is 14.9 Å². The minimum Gasteiger partial charge on any atom is -0.453 e. The van der Waals surface area contributed by atoms with E-state index in [2.05, 4.69) is 30.7 Å². The normalized spacial score (nSPS) is 21.6. The van der Waals surface area contributed by atoms with Crippen LogP contribution in [0.1, 0.15) is 55.8 Å². The largest absolute Gasteiger partial charge is 0.453 e. The van der Waals surface area contributed by atoms with Crippen LogP contribution in [0.3, 0.4) is 0 Å². The molecular weight excluding hydrogens is 576 g/mol. The lowest BCUT2D eigenvalue weighted by atomic mass is 9.83. The molecule has 3 aliphatic heterocycles. The highest BCUT2D eigenvalue weighted by Crippen LogP contribution is 2.44. The number of hydrogen-bond acceptors (Lipinski definition) is 7. The number of amides is 4. The summed E-state index contributed by atoms with van der Waals surface area (Å²) in [6.45, 7) is 0.699. The molecule has 2 bridgehead atoms. The van der Waals surface area contributed by atoms with Crippen molar-refractivity contribution in [1.29, 1.82) is 0 Å². The van der Waals surface area contributed by atoms with Crippen LogP contribution in [0.2, 0.25) is 5.02 Å². The Hall–Kier alpha value is -4.58. The Bertz CT molecular complexity index is 1610. The van der Waals surface area contributed by atoms with Crippen molar-refractivity contribution in [2.75, 3.05) is 36.1 Å². The number of hydrogen-bond donors (Lipinski definition) is 4. The SMILES string of the molecule is COC(=O)Nc1ccc2c(c1)NC(=O)CCCCC(C(=O)N1CCC[C@@]3(C1)OC(=O)Nc1ccc(Cl)cc13)c1ncc-2[nH]1. The van der Waals surface area contributed by atoms with Crippen molar-refractivity contribution in [2.45, 2.75) is 50.0 Å². The molecule has 0 saturated carbocycles. The number of nitrogens with one attached hydrogen (secondary N) is 4. The zero-order valence-electron chi connectivity index (χ0n) is 23.5. The summed E-state index contributed by atoms with van der Waals surface area (Å²) >= 11 is 6.32. The third kappa shape index (κ3) is 5.74. The minimum absolute atomic E-state index is 0.127. The fourth-order valence-corrected chi connectivity index (χ4v) is 6.28. The monoisotopic (exact) mass is 606 g/mol. The molecule has 3 aromatic rings. The average Bonchev–Trinajstić information content (AvgIpc) is 3.47. The molecule has 3 aliphatic rings. The maximum Gasteiger partial charge on any atom is 0.412 e. The fraction of sp³-hybridized carbons (Fsp3) is 0.367. The van der Waals surface area contributed by atoms with Gasteiger partial charge in [0.1, 0.15) is 5.82 Å². The molecule has 43 heavy (non-hydrogen) atoms. The van der Waals surface area contributed by atoms with Gasteiger partial charge >= 0.3 is 12.2 Å². The number of benzene rings is 2. The van der Waals surface area contributed by atoms with Crippen LogP contribution in [0.15, 0.2) is 42.6 Å². The first kappa shape index (κ1) is 28.5. The molecule has 0 radical (unpaired) electrons. The summed E-state index contributed by atoms with van der Waals surface area (Å²) < 4.78 is 10.6. The number of anilines is 3. The number of aromatic nitrogens is 2. The van der Waals surface area contributed by atoms with Crippen LogP contribution in [0.4, 0.5) is 26.7 Å². The summed E-state index contributed by atoms with van der Waals surface area (Å²) in [5.74, 6) is -0.383. The van der Waals surface area contributed by atoms with Gasteiger partial charge in [-0.3, -0.25) is 20.2 Å². The predicted octanol–water partition coefficient (Wildman–Crippen LogP) is 5.58. The summed E-state index contributed by atoms with van der Waals surface area (Å²) in [5.41, 5.74) is 2.56. The van der Waals surface area contributed by atoms with Gasteiger partial charge in [0.15, 0.2) is 5.60 Å². The molecule has 0 aliphatic carbocycles. The Morgan fingerprint density at radius 1 is 1.12 bits per heavy atom. The van der Waals surface area contributed by atoms with Crippen LogP contribution in [0.25, 0.3) is 11.3 Å². The molecule has 12 nitrogen and oxygen atoms in total. The second-order valence-corrected chi connectivity index (χ2v) is 11.4. The molecule has 1 saturated heterocycles. The molecule has 1 spiro atoms. The number of ether oxygens (including phenoxy) is 2. The Balaban J connectivity index is 1.31. The molecule has 224 valence electrons. The van der Waals surface area contributed by atoms with Gasteiger partial charge < -0.3 is 24.7 Å². The smallest absolute Gasteiger partial charge is 0.412 e. The third-order valence-electron chi connectivity index (χ3n) is 8.15. The Morgan fingerprint density at radius 3 is 2.81 bits per heavy atom. The van der Waals surface area contributed by atoms with E-state index in [9.17, 15) is 19.2 Å². The van der Waals surface area contributed by atoms with Gasteiger partial charge in [0, 0.05) is 34.8 Å². The molecule has 1 aromatic heterocycles. The van der Waals surface area contributed by atoms with Crippen molar-refractivity contribution >= 4 is 52.7 Å². The van der Waals surface area contributed by atoms with E-state index >= 15 is 0 Å². The quantitative estimate of drug-likeness (QED) is 0.297. The number of piperidine rings is 1. The zero-order valence-corrected chi connectivity index (χ0v) is 24.3. The van der Waals surface area contributed by atoms with Crippen LogP contribution in [0, 0.1) is 0 Å². The van der Waals surface area contributed by atoms with Crippen LogP contribution in [-0.2, 0) is 24.7 Å². The molecule has 1 unspecified atom stereocenters. The summed E-state index contributed by atoms with van der Waals surface area (Å²) in [7, 11) is 1.27. The first-order chi connectivity index (χ1) is 20.7. The predicted molar refractivity (Wildman–Crippen MR) is 159 cm³/mol. The Kier molecular flexibility index (Phi) is 7.70. The summed E-state index contributed by atoms with van der Waals surface area (Å²) in [4.78, 5) is 61.0. The number of likely N-dealkylation sites (tertiary alicyclic amines) is 1. The average molecular weight is 607 g/mol. The van der Waals surface area contributed by atoms with E-state index in [4.69, 9.17) is 16.3 Å². The van der Waals surface area contributed by atoms with Crippen molar-refractivity contribution < 1.29 is 28.7 Å². The molecule has 4 amide bonds. The van der Waals surface area contributed by atoms with E-state index in [1.807, 2.05) is 0 Å². The topological polar surface area (TPSA) is 155 Å². The standard InChI is InChI=1S/C30H31ClN6O6/c1-42-28(40)33-18-8-9-19-23(14-18)34-25(38)6-3-2-5-20(26-32-15-24(19)35-26)27(39)37-12-4-11-30(16-37)21-13-17(31)7-10-22(21)36-29(41)43-30/h7-10,13-15,20H,2-6,11-12,16H2,1H3,(H,32,35)(H,33,40)(H,34,38)(H,36,41)/t20?,30-/m0/s1. The third-order valence-corrected chi connectivity index (χ3v) is 8.38. The highest BCUT2D eigenvalue weighted by Gasteiger charge is 2.47. The molecule has 6 rings (SSSR count). The van der Waals surface area contributed by atoms with E-state index in [0.717, 1.165) is 5.56 Å². The number of methoxy groups -OCH3 is 1. The lowest BCUT2D eigenvalue weighted by molar-refractivity contribution is -0.141. The maximum absolute atomic E-state index is 14.2. The van der Waals surface area contributed by atoms with Crippen LogP contribution in [0.5, 0.6) is 0 Å². The van der Waals surface area contributed by atoms with Gasteiger partial charge in [0.25, 0.3) is 0 Å². The number of fused-ring (bicyclic) bond motifs is 6. The van der Waals surface area contributed by atoms with Gasteiger partial charge in [-0.2, -0.15) is 0 Å². The molecule has 13 heteroatoms. The maximum atomic E-state index is 14.2. The molecule has 4 heterocycles. The fourth-order valence-electron chi connectivity index (χ4n) is 6.11. The Labute approximate surface area is 252 Å². The van der Waals surface area contributed by atoms with Crippen molar-refractivity contribution in [3.8, 4) is 11.3 Å². The Morgan fingerprint density at radius 2 is 1.98 bits per heavy atom. The van der Waals surface area contributed by atoms with Gasteiger partial charge in [-0.1, -0.05) is 18.0 Å². The number of carbonyl (C=O) groups excluding carboxylic acids is 4. The number of halogens is 1. The van der Waals surface area contributed by atoms with Crippen LogP contribution in [-0.4, -0.2) is 59.1 Å². The van der Waals surface area contributed by atoms with Crippen molar-refractivity contribution in [3.05, 3.63) is 59.0 Å². The zero-order chi connectivity index (χ0) is 30.1. The first-order valence-electron chi connectivity index (χ1n) is 14.2. The second-order valence-electron chi connectivity index (χ2n) is 11.0. The molecular formula is C30H31ClN6O6. The van der Waals surface area contributed by atoms with Gasteiger partial charge in [-0.15, -0.1) is 0 Å². The van der Waals surface area contributed by atoms with E-state index in [-0.39, 0.29) is 24.8 Å². The number of H-pyrrole nitrogens is 1. The van der Waals surface area contributed by atoms with Gasteiger partial charge in [-0.05, 0) is 62.1 Å². The summed E-state index contributed by atoms with van der Waals surface area (Å²) in [6.07, 6.45) is 3.58. The first-order valence-corrected chi connectivity index (χ1v) is 14.6. The minimum atomic E-state index is -1.01. The molecule has 2 aromatic carbocycles. The summed E-state index contributed by atoms with van der Waals surface area (Å²) in [6, 6.07) is 10.3. The van der Waals surface area contributed by atoms with E-state index < -0.39 is 23.7 Å². The number of imidazole rings is 1. The lowest BCUT2D eigenvalue weighted by Crippen LogP contribution is -2.54. The lowest BCUT2D eigenvalue weighted by Gasteiger charge is -2.45. The van der Waals surface area contributed by atoms with Gasteiger partial charge in [0.2, 0.25) is 11.8 Å². The van der Waals surface area contributed by atoms with Gasteiger partial charge in [-0.25, -0.2) is 14.6 Å². The van der Waals surface area contributed by atoms with Gasteiger partial charge in [0.05, 0.1) is 42.8 Å². The number of carbonyl (C=O) groups is 4. The van der Waals surface area contributed by atoms with Crippen LogP contribution < -0.4 is 16.0 Å². The van der Waals surface area contributed by atoms with Crippen LogP contribution >= 0.6 is 11.6 Å². The summed E-state index contributed by atoms with van der Waals surface area (Å²) in [5, 5.41) is 8.79. The second kappa shape index (κ2) is 11.6. The number of rotatable bonds is 2. The van der Waals surface area contributed by atoms with E-state index in [1.54, 1.807) is 47.5 Å². The highest BCUT2D eigenvalue weighted by atomic mass is 35.5.